The normalized spacial score (nSPS) is 11.8. The number of nitrogens with zero attached hydrogens (tertiary/aromatic N) is 1. The molecule has 2 N–H and O–H groups in total. The average molecular weight is 257 g/mol. The summed E-state index contributed by atoms with van der Waals surface area (Å²) in [4.78, 5) is 7.81. The molecule has 1 aromatic heterocycles. The van der Waals surface area contributed by atoms with Gasteiger partial charge in [0, 0.05) is 29.5 Å². The molecule has 102 valence electrons. The summed E-state index contributed by atoms with van der Waals surface area (Å²) in [7, 11) is 0. The van der Waals surface area contributed by atoms with Crippen molar-refractivity contribution >= 4 is 0 Å². The van der Waals surface area contributed by atoms with Crippen molar-refractivity contribution in [3.63, 3.8) is 0 Å². The van der Waals surface area contributed by atoms with Crippen LogP contribution in [0.5, 0.6) is 0 Å². The van der Waals surface area contributed by atoms with Crippen LogP contribution in [0.4, 0.5) is 0 Å². The molecule has 3 heteroatoms. The molecule has 3 nitrogen and oxygen atoms in total. The number of aromatic amines is 1. The minimum Gasteiger partial charge on any atom is -0.341 e. The maximum atomic E-state index is 4.45. The summed E-state index contributed by atoms with van der Waals surface area (Å²) in [6.07, 6.45) is 2.97. The Morgan fingerprint density at radius 2 is 1.84 bits per heavy atom. The molecule has 0 saturated carbocycles. The van der Waals surface area contributed by atoms with E-state index in [-0.39, 0.29) is 5.54 Å². The van der Waals surface area contributed by atoms with Crippen molar-refractivity contribution in [1.29, 1.82) is 0 Å². The maximum absolute atomic E-state index is 4.45. The lowest BCUT2D eigenvalue weighted by molar-refractivity contribution is 0.422. The zero-order chi connectivity index (χ0) is 13.9. The lowest BCUT2D eigenvalue weighted by atomic mass is 10.1. The van der Waals surface area contributed by atoms with Crippen LogP contribution in [-0.4, -0.2) is 15.5 Å². The van der Waals surface area contributed by atoms with Crippen molar-refractivity contribution in [3.05, 3.63) is 41.7 Å². The van der Waals surface area contributed by atoms with E-state index in [0.29, 0.717) is 0 Å². The molecule has 0 bridgehead atoms. The summed E-state index contributed by atoms with van der Waals surface area (Å²) in [6.45, 7) is 9.46. The van der Waals surface area contributed by atoms with Gasteiger partial charge in [-0.3, -0.25) is 0 Å². The van der Waals surface area contributed by atoms with E-state index in [4.69, 9.17) is 0 Å². The Bertz CT molecular complexity index is 518. The van der Waals surface area contributed by atoms with Crippen LogP contribution in [-0.2, 0) is 13.0 Å². The minimum absolute atomic E-state index is 0.119. The van der Waals surface area contributed by atoms with Crippen molar-refractivity contribution in [2.45, 2.75) is 46.2 Å². The van der Waals surface area contributed by atoms with Gasteiger partial charge in [-0.25, -0.2) is 4.98 Å². The number of aromatic nitrogens is 2. The highest BCUT2D eigenvalue weighted by Crippen LogP contribution is 2.17. The van der Waals surface area contributed by atoms with Gasteiger partial charge in [0.25, 0.3) is 0 Å². The van der Waals surface area contributed by atoms with Crippen LogP contribution in [0.25, 0.3) is 11.4 Å². The van der Waals surface area contributed by atoms with Crippen LogP contribution in [0.1, 0.15) is 39.0 Å². The molecule has 0 amide bonds. The van der Waals surface area contributed by atoms with E-state index < -0.39 is 0 Å². The molecule has 0 radical (unpaired) electrons. The Kier molecular flexibility index (Phi) is 4.05. The first-order valence-corrected chi connectivity index (χ1v) is 6.86. The number of aryl methyl sites for hydroxylation is 1. The second-order valence-corrected chi connectivity index (χ2v) is 5.91. The zero-order valence-electron chi connectivity index (χ0n) is 12.2. The molecule has 2 rings (SSSR count). The van der Waals surface area contributed by atoms with Gasteiger partial charge in [0.05, 0.1) is 0 Å². The first kappa shape index (κ1) is 13.8. The van der Waals surface area contributed by atoms with E-state index >= 15 is 0 Å². The molecular weight excluding hydrogens is 234 g/mol. The van der Waals surface area contributed by atoms with Crippen molar-refractivity contribution in [1.82, 2.24) is 15.3 Å². The minimum atomic E-state index is 0.119. The van der Waals surface area contributed by atoms with Crippen molar-refractivity contribution in [2.24, 2.45) is 0 Å². The van der Waals surface area contributed by atoms with Gasteiger partial charge in [-0.1, -0.05) is 31.2 Å². The van der Waals surface area contributed by atoms with Gasteiger partial charge >= 0.3 is 0 Å². The van der Waals surface area contributed by atoms with E-state index in [2.05, 4.69) is 67.2 Å². The Labute approximate surface area is 115 Å². The third kappa shape index (κ3) is 3.93. The third-order valence-corrected chi connectivity index (χ3v) is 3.07. The fourth-order valence-electron chi connectivity index (χ4n) is 1.85. The first-order chi connectivity index (χ1) is 8.98. The molecule has 0 saturated heterocycles. The molecule has 1 aromatic carbocycles. The molecule has 0 fully saturated rings. The number of hydrogen-bond donors (Lipinski definition) is 2. The topological polar surface area (TPSA) is 40.7 Å². The van der Waals surface area contributed by atoms with Gasteiger partial charge in [0.15, 0.2) is 0 Å². The van der Waals surface area contributed by atoms with E-state index in [1.165, 1.54) is 5.56 Å². The fraction of sp³-hybridized carbons (Fsp3) is 0.438. The predicted octanol–water partition coefficient (Wildman–Crippen LogP) is 3.53. The predicted molar refractivity (Wildman–Crippen MR) is 80.0 cm³/mol. The largest absolute Gasteiger partial charge is 0.341 e. The van der Waals surface area contributed by atoms with E-state index in [1.54, 1.807) is 0 Å². The highest BCUT2D eigenvalue weighted by molar-refractivity contribution is 5.55. The number of H-pyrrole nitrogens is 1. The Morgan fingerprint density at radius 3 is 2.42 bits per heavy atom. The van der Waals surface area contributed by atoms with Gasteiger partial charge in [-0.15, -0.1) is 0 Å². The van der Waals surface area contributed by atoms with E-state index in [0.717, 1.165) is 30.0 Å². The highest BCUT2D eigenvalue weighted by Gasteiger charge is 2.10. The number of rotatable bonds is 4. The molecule has 0 aliphatic carbocycles. The van der Waals surface area contributed by atoms with Crippen molar-refractivity contribution in [2.75, 3.05) is 0 Å². The van der Waals surface area contributed by atoms with E-state index in [9.17, 15) is 0 Å². The van der Waals surface area contributed by atoms with Crippen molar-refractivity contribution < 1.29 is 0 Å². The quantitative estimate of drug-likeness (QED) is 0.879. The number of nitrogens with one attached hydrogen (secondary N) is 2. The lowest BCUT2D eigenvalue weighted by Crippen LogP contribution is -2.35. The summed E-state index contributed by atoms with van der Waals surface area (Å²) >= 11 is 0. The van der Waals surface area contributed by atoms with Crippen LogP contribution in [0.2, 0.25) is 0 Å². The molecule has 2 aromatic rings. The highest BCUT2D eigenvalue weighted by atomic mass is 15.0. The van der Waals surface area contributed by atoms with Crippen LogP contribution in [0, 0.1) is 0 Å². The monoisotopic (exact) mass is 257 g/mol. The second kappa shape index (κ2) is 5.57. The smallest absolute Gasteiger partial charge is 0.137 e. The Balaban J connectivity index is 2.07. The standard InChI is InChI=1S/C16H23N3/c1-5-12-6-8-13(9-7-12)15-17-10-14(19-15)11-18-16(2,3)4/h6-10,18H,5,11H2,1-4H3,(H,17,19). The molecule has 19 heavy (non-hydrogen) atoms. The fourth-order valence-corrected chi connectivity index (χ4v) is 1.85. The average Bonchev–Trinajstić information content (AvgIpc) is 2.84. The Morgan fingerprint density at radius 1 is 1.16 bits per heavy atom. The molecule has 1 heterocycles. The van der Waals surface area contributed by atoms with Gasteiger partial charge in [-0.2, -0.15) is 0 Å². The third-order valence-electron chi connectivity index (χ3n) is 3.07. The van der Waals surface area contributed by atoms with Crippen LogP contribution < -0.4 is 5.32 Å². The van der Waals surface area contributed by atoms with Crippen LogP contribution in [0.3, 0.4) is 0 Å². The Hall–Kier alpha value is -1.61. The maximum Gasteiger partial charge on any atom is 0.137 e. The summed E-state index contributed by atoms with van der Waals surface area (Å²) in [5.41, 5.74) is 3.72. The summed E-state index contributed by atoms with van der Waals surface area (Å²) in [6, 6.07) is 8.56. The second-order valence-electron chi connectivity index (χ2n) is 5.91. The summed E-state index contributed by atoms with van der Waals surface area (Å²) in [5.74, 6) is 0.938. The summed E-state index contributed by atoms with van der Waals surface area (Å²) < 4.78 is 0. The molecule has 0 spiro atoms. The van der Waals surface area contributed by atoms with Gasteiger partial charge in [0.2, 0.25) is 0 Å². The zero-order valence-corrected chi connectivity index (χ0v) is 12.2. The molecule has 0 unspecified atom stereocenters. The van der Waals surface area contributed by atoms with Crippen molar-refractivity contribution in [3.8, 4) is 11.4 Å². The van der Waals surface area contributed by atoms with E-state index in [1.807, 2.05) is 6.20 Å². The lowest BCUT2D eigenvalue weighted by Gasteiger charge is -2.19. The SMILES string of the molecule is CCc1ccc(-c2ncc(CNC(C)(C)C)[nH]2)cc1. The molecule has 0 aliphatic rings. The first-order valence-electron chi connectivity index (χ1n) is 6.86. The van der Waals surface area contributed by atoms with Gasteiger partial charge in [0.1, 0.15) is 5.82 Å². The number of imidazole rings is 1. The van der Waals surface area contributed by atoms with Crippen LogP contribution in [0.15, 0.2) is 30.5 Å². The molecular formula is C16H23N3. The number of benzene rings is 1. The number of hydrogen-bond acceptors (Lipinski definition) is 2. The summed E-state index contributed by atoms with van der Waals surface area (Å²) in [5, 5.41) is 3.45. The molecule has 0 aliphatic heterocycles. The van der Waals surface area contributed by atoms with Gasteiger partial charge in [-0.05, 0) is 32.8 Å². The van der Waals surface area contributed by atoms with Crippen LogP contribution >= 0.6 is 0 Å². The van der Waals surface area contributed by atoms with Gasteiger partial charge < -0.3 is 10.3 Å². The molecule has 0 atom stereocenters.